The van der Waals surface area contributed by atoms with Crippen molar-refractivity contribution in [1.29, 1.82) is 0 Å². The normalized spacial score (nSPS) is 11.7. The third-order valence-corrected chi connectivity index (χ3v) is 2.69. The Morgan fingerprint density at radius 2 is 2.29 bits per heavy atom. The first-order chi connectivity index (χ1) is 10.1. The Kier molecular flexibility index (Phi) is 4.65. The van der Waals surface area contributed by atoms with Gasteiger partial charge in [0.15, 0.2) is 11.9 Å². The van der Waals surface area contributed by atoms with Crippen molar-refractivity contribution >= 4 is 17.7 Å². The molecule has 1 N–H and O–H groups in total. The number of nitrogens with zero attached hydrogens (tertiary/aromatic N) is 2. The Labute approximate surface area is 121 Å². The maximum atomic E-state index is 12.0. The molecule has 0 aromatic carbocycles. The fourth-order valence-electron chi connectivity index (χ4n) is 1.64. The molecular formula is C14H15N3O4. The highest BCUT2D eigenvalue weighted by atomic mass is 16.5. The fraction of sp³-hybridized carbons (Fsp3) is 0.286. The number of aromatic nitrogens is 2. The van der Waals surface area contributed by atoms with Crippen molar-refractivity contribution in [3.05, 3.63) is 41.9 Å². The van der Waals surface area contributed by atoms with Crippen LogP contribution in [0.1, 0.15) is 29.5 Å². The van der Waals surface area contributed by atoms with E-state index in [4.69, 9.17) is 9.26 Å². The molecular weight excluding hydrogens is 274 g/mol. The molecule has 2 heterocycles. The summed E-state index contributed by atoms with van der Waals surface area (Å²) in [7, 11) is 0. The highest BCUT2D eigenvalue weighted by Gasteiger charge is 2.22. The maximum Gasteiger partial charge on any atom is 0.340 e. The maximum absolute atomic E-state index is 12.0. The number of aryl methyl sites for hydroxylation is 1. The van der Waals surface area contributed by atoms with E-state index in [0.717, 1.165) is 0 Å². The summed E-state index contributed by atoms with van der Waals surface area (Å²) >= 11 is 0. The van der Waals surface area contributed by atoms with E-state index in [2.05, 4.69) is 15.5 Å². The number of ether oxygens (including phenoxy) is 1. The van der Waals surface area contributed by atoms with Gasteiger partial charge >= 0.3 is 5.97 Å². The summed E-state index contributed by atoms with van der Waals surface area (Å²) in [4.78, 5) is 27.8. The molecule has 2 aromatic rings. The molecule has 110 valence electrons. The first-order valence-electron chi connectivity index (χ1n) is 6.45. The van der Waals surface area contributed by atoms with Gasteiger partial charge in [-0.25, -0.2) is 4.79 Å². The molecule has 21 heavy (non-hydrogen) atoms. The minimum absolute atomic E-state index is 0.286. The number of carbonyl (C=O) groups excluding carboxylic acids is 2. The first-order valence-corrected chi connectivity index (χ1v) is 6.45. The van der Waals surface area contributed by atoms with Gasteiger partial charge < -0.3 is 14.6 Å². The number of amides is 1. The number of esters is 1. The third-order valence-electron chi connectivity index (χ3n) is 2.69. The van der Waals surface area contributed by atoms with Crippen LogP contribution in [0.25, 0.3) is 0 Å². The predicted octanol–water partition coefficient (Wildman–Crippen LogP) is 1.95. The lowest BCUT2D eigenvalue weighted by Crippen LogP contribution is -2.32. The van der Waals surface area contributed by atoms with Crippen LogP contribution in [0.2, 0.25) is 0 Å². The zero-order chi connectivity index (χ0) is 15.2. The number of hydrogen-bond acceptors (Lipinski definition) is 6. The predicted molar refractivity (Wildman–Crippen MR) is 73.6 cm³/mol. The Morgan fingerprint density at radius 1 is 1.48 bits per heavy atom. The molecule has 0 spiro atoms. The molecule has 1 amide bonds. The largest absolute Gasteiger partial charge is 0.449 e. The molecule has 7 heteroatoms. The van der Waals surface area contributed by atoms with Crippen LogP contribution in [0.5, 0.6) is 0 Å². The Hall–Kier alpha value is -2.70. The van der Waals surface area contributed by atoms with Crippen molar-refractivity contribution in [2.24, 2.45) is 0 Å². The zero-order valence-corrected chi connectivity index (χ0v) is 11.7. The van der Waals surface area contributed by atoms with Crippen LogP contribution >= 0.6 is 0 Å². The lowest BCUT2D eigenvalue weighted by Gasteiger charge is -2.14. The van der Waals surface area contributed by atoms with Gasteiger partial charge in [-0.3, -0.25) is 9.78 Å². The van der Waals surface area contributed by atoms with Crippen molar-refractivity contribution in [3.8, 4) is 0 Å². The summed E-state index contributed by atoms with van der Waals surface area (Å²) in [5.41, 5.74) is 0.293. The van der Waals surface area contributed by atoms with Gasteiger partial charge in [-0.1, -0.05) is 12.1 Å². The second-order valence-corrected chi connectivity index (χ2v) is 4.36. The minimum atomic E-state index is -0.908. The van der Waals surface area contributed by atoms with E-state index in [0.29, 0.717) is 17.7 Å². The Morgan fingerprint density at radius 3 is 2.86 bits per heavy atom. The van der Waals surface area contributed by atoms with Gasteiger partial charge in [0.2, 0.25) is 0 Å². The van der Waals surface area contributed by atoms with E-state index in [1.807, 2.05) is 0 Å². The van der Waals surface area contributed by atoms with E-state index in [9.17, 15) is 9.59 Å². The molecule has 0 aliphatic carbocycles. The van der Waals surface area contributed by atoms with Crippen LogP contribution in [-0.4, -0.2) is 28.1 Å². The van der Waals surface area contributed by atoms with Crippen molar-refractivity contribution in [1.82, 2.24) is 10.1 Å². The second-order valence-electron chi connectivity index (χ2n) is 4.36. The highest BCUT2D eigenvalue weighted by molar-refractivity contribution is 5.96. The molecule has 0 radical (unpaired) electrons. The first kappa shape index (κ1) is 14.7. The van der Waals surface area contributed by atoms with Crippen molar-refractivity contribution in [3.63, 3.8) is 0 Å². The molecule has 1 atom stereocenters. The summed E-state index contributed by atoms with van der Waals surface area (Å²) in [6, 6.07) is 4.77. The van der Waals surface area contributed by atoms with Crippen LogP contribution in [0, 0.1) is 6.92 Å². The van der Waals surface area contributed by atoms with E-state index < -0.39 is 18.0 Å². The van der Waals surface area contributed by atoms with Crippen molar-refractivity contribution in [2.45, 2.75) is 26.4 Å². The lowest BCUT2D eigenvalue weighted by molar-refractivity contribution is -0.124. The summed E-state index contributed by atoms with van der Waals surface area (Å²) in [5, 5.41) is 6.19. The van der Waals surface area contributed by atoms with Crippen LogP contribution in [0.15, 0.2) is 35.1 Å². The number of hydrogen-bond donors (Lipinski definition) is 1. The molecule has 2 aromatic heterocycles. The highest BCUT2D eigenvalue weighted by Crippen LogP contribution is 2.11. The van der Waals surface area contributed by atoms with Crippen LogP contribution in [0.4, 0.5) is 5.82 Å². The molecule has 0 aliphatic heterocycles. The van der Waals surface area contributed by atoms with Gasteiger partial charge in [0, 0.05) is 18.5 Å². The zero-order valence-electron chi connectivity index (χ0n) is 11.7. The molecule has 7 nitrogen and oxygen atoms in total. The summed E-state index contributed by atoms with van der Waals surface area (Å²) < 4.78 is 10.0. The molecule has 0 aliphatic rings. The summed E-state index contributed by atoms with van der Waals surface area (Å²) in [6.07, 6.45) is 2.37. The SMILES string of the molecule is CCC(OC(=O)c1cccnc1)C(=O)Nc1cc(C)on1. The lowest BCUT2D eigenvalue weighted by atomic mass is 10.2. The van der Waals surface area contributed by atoms with E-state index in [1.54, 1.807) is 38.2 Å². The molecule has 0 bridgehead atoms. The molecule has 2 rings (SSSR count). The van der Waals surface area contributed by atoms with E-state index in [1.165, 1.54) is 6.20 Å². The standard InChI is InChI=1S/C14H15N3O4/c1-3-11(13(18)16-12-7-9(2)21-17-12)20-14(19)10-5-4-6-15-8-10/h4-8,11H,3H2,1-2H3,(H,16,17,18). The van der Waals surface area contributed by atoms with Crippen molar-refractivity contribution < 1.29 is 18.8 Å². The quantitative estimate of drug-likeness (QED) is 0.845. The fourth-order valence-corrected chi connectivity index (χ4v) is 1.64. The van der Waals surface area contributed by atoms with Crippen LogP contribution in [0.3, 0.4) is 0 Å². The number of rotatable bonds is 5. The number of anilines is 1. The van der Waals surface area contributed by atoms with Crippen molar-refractivity contribution in [2.75, 3.05) is 5.32 Å². The van der Waals surface area contributed by atoms with Gasteiger partial charge in [-0.05, 0) is 25.5 Å². The topological polar surface area (TPSA) is 94.3 Å². The third kappa shape index (κ3) is 3.88. The molecule has 0 saturated heterocycles. The van der Waals surface area contributed by atoms with Crippen LogP contribution in [-0.2, 0) is 9.53 Å². The average molecular weight is 289 g/mol. The Balaban J connectivity index is 1.99. The summed E-state index contributed by atoms with van der Waals surface area (Å²) in [5.74, 6) is -0.191. The smallest absolute Gasteiger partial charge is 0.340 e. The minimum Gasteiger partial charge on any atom is -0.449 e. The van der Waals surface area contributed by atoms with E-state index in [-0.39, 0.29) is 5.82 Å². The Bertz CT molecular complexity index is 624. The van der Waals surface area contributed by atoms with Gasteiger partial charge in [0.25, 0.3) is 5.91 Å². The van der Waals surface area contributed by atoms with E-state index >= 15 is 0 Å². The van der Waals surface area contributed by atoms with Gasteiger partial charge in [0.05, 0.1) is 5.56 Å². The second kappa shape index (κ2) is 6.65. The van der Waals surface area contributed by atoms with Gasteiger partial charge in [0.1, 0.15) is 5.76 Å². The molecule has 1 unspecified atom stereocenters. The monoisotopic (exact) mass is 289 g/mol. The molecule has 0 saturated carbocycles. The average Bonchev–Trinajstić information content (AvgIpc) is 2.90. The summed E-state index contributed by atoms with van der Waals surface area (Å²) in [6.45, 7) is 3.46. The number of pyridine rings is 1. The molecule has 0 fully saturated rings. The van der Waals surface area contributed by atoms with Gasteiger partial charge in [-0.2, -0.15) is 0 Å². The van der Waals surface area contributed by atoms with Gasteiger partial charge in [-0.15, -0.1) is 0 Å². The number of carbonyl (C=O) groups is 2. The number of nitrogens with one attached hydrogen (secondary N) is 1. The van der Waals surface area contributed by atoms with Crippen LogP contribution < -0.4 is 5.32 Å².